The first-order valence-corrected chi connectivity index (χ1v) is 11.2. The van der Waals surface area contributed by atoms with Crippen LogP contribution in [0.25, 0.3) is 16.9 Å². The Morgan fingerprint density at radius 2 is 1.83 bits per heavy atom. The quantitative estimate of drug-likeness (QED) is 0.370. The van der Waals surface area contributed by atoms with Crippen molar-refractivity contribution in [3.8, 4) is 17.0 Å². The Balaban J connectivity index is 0.000000259. The maximum atomic E-state index is 13.5. The second kappa shape index (κ2) is 11.2. The summed E-state index contributed by atoms with van der Waals surface area (Å²) in [4.78, 5) is 17.8. The summed E-state index contributed by atoms with van der Waals surface area (Å²) in [5, 5.41) is 11.1. The zero-order chi connectivity index (χ0) is 25.5. The van der Waals surface area contributed by atoms with E-state index in [1.54, 1.807) is 36.2 Å². The Labute approximate surface area is 207 Å². The van der Waals surface area contributed by atoms with E-state index in [1.165, 1.54) is 13.1 Å². The molecule has 3 aromatic heterocycles. The number of carbonyl (C=O) groups is 1. The number of carbonyl (C=O) groups excluding carboxylic acids is 1. The standard InChI is InChI=1S/C18H13FN6O.C7H8O.CH5N/c19-14-2-1-11-8-24(9-12(11)3-14)17-5-16(13-6-20-21-7-13)25-18(22-17)4-15(10-26)23-25;1-8-7-5-3-2-4-6-7;1-2/h1-7,10H,8-9H2,(H,20,21);2-6H,1H3;2H2,1H3. The molecule has 0 saturated carbocycles. The lowest BCUT2D eigenvalue weighted by molar-refractivity contribution is 0.111. The molecular formula is C26H26FN7O2. The molecule has 0 bridgehead atoms. The number of ether oxygens (including phenoxy) is 1. The Bertz CT molecular complexity index is 1440. The summed E-state index contributed by atoms with van der Waals surface area (Å²) in [6.07, 6.45) is 4.14. The molecule has 0 fully saturated rings. The van der Waals surface area contributed by atoms with Gasteiger partial charge < -0.3 is 15.4 Å². The van der Waals surface area contributed by atoms with Gasteiger partial charge in [-0.1, -0.05) is 24.3 Å². The minimum absolute atomic E-state index is 0.237. The van der Waals surface area contributed by atoms with E-state index < -0.39 is 0 Å². The summed E-state index contributed by atoms with van der Waals surface area (Å²) in [5.74, 6) is 1.41. The van der Waals surface area contributed by atoms with Crippen LogP contribution in [0.1, 0.15) is 21.6 Å². The van der Waals surface area contributed by atoms with Gasteiger partial charge in [-0.05, 0) is 42.4 Å². The third-order valence-corrected chi connectivity index (χ3v) is 5.54. The molecule has 1 aliphatic heterocycles. The number of hydrogen-bond donors (Lipinski definition) is 2. The van der Waals surface area contributed by atoms with Gasteiger partial charge in [0.25, 0.3) is 0 Å². The van der Waals surface area contributed by atoms with Crippen LogP contribution in [-0.4, -0.2) is 45.2 Å². The third-order valence-electron chi connectivity index (χ3n) is 5.54. The topological polar surface area (TPSA) is 114 Å². The molecule has 0 atom stereocenters. The fourth-order valence-electron chi connectivity index (χ4n) is 3.88. The van der Waals surface area contributed by atoms with Crippen molar-refractivity contribution in [2.75, 3.05) is 19.1 Å². The number of halogens is 1. The van der Waals surface area contributed by atoms with E-state index in [0.29, 0.717) is 30.7 Å². The Morgan fingerprint density at radius 3 is 2.50 bits per heavy atom. The fraction of sp³-hybridized carbons (Fsp3) is 0.154. The number of para-hydroxylation sites is 1. The summed E-state index contributed by atoms with van der Waals surface area (Å²) in [6, 6.07) is 18.1. The first-order chi connectivity index (χ1) is 17.6. The van der Waals surface area contributed by atoms with E-state index in [4.69, 9.17) is 4.74 Å². The number of nitrogens with one attached hydrogen (secondary N) is 1. The molecule has 0 unspecified atom stereocenters. The van der Waals surface area contributed by atoms with Crippen LogP contribution in [0.15, 0.2) is 73.1 Å². The maximum absolute atomic E-state index is 13.5. The van der Waals surface area contributed by atoms with Crippen LogP contribution in [0.4, 0.5) is 10.2 Å². The first-order valence-electron chi connectivity index (χ1n) is 11.2. The van der Waals surface area contributed by atoms with Crippen molar-refractivity contribution in [3.63, 3.8) is 0 Å². The van der Waals surface area contributed by atoms with Crippen molar-refractivity contribution in [2.45, 2.75) is 13.1 Å². The number of fused-ring (bicyclic) bond motifs is 2. The second-order valence-corrected chi connectivity index (χ2v) is 7.73. The Morgan fingerprint density at radius 1 is 1.06 bits per heavy atom. The molecule has 0 amide bonds. The van der Waals surface area contributed by atoms with Gasteiger partial charge in [0.15, 0.2) is 11.9 Å². The Hall–Kier alpha value is -4.57. The van der Waals surface area contributed by atoms with Crippen molar-refractivity contribution in [2.24, 2.45) is 5.73 Å². The molecule has 184 valence electrons. The van der Waals surface area contributed by atoms with Crippen LogP contribution < -0.4 is 15.4 Å². The molecule has 2 aromatic carbocycles. The number of nitrogens with two attached hydrogens (primary N) is 1. The third kappa shape index (κ3) is 5.23. The van der Waals surface area contributed by atoms with Gasteiger partial charge in [0.1, 0.15) is 23.1 Å². The highest BCUT2D eigenvalue weighted by Gasteiger charge is 2.22. The van der Waals surface area contributed by atoms with E-state index in [0.717, 1.165) is 34.0 Å². The minimum Gasteiger partial charge on any atom is -0.497 e. The van der Waals surface area contributed by atoms with Crippen molar-refractivity contribution < 1.29 is 13.9 Å². The fourth-order valence-corrected chi connectivity index (χ4v) is 3.88. The average Bonchev–Trinajstić information content (AvgIpc) is 3.69. The van der Waals surface area contributed by atoms with Crippen molar-refractivity contribution >= 4 is 17.8 Å². The van der Waals surface area contributed by atoms with Gasteiger partial charge in [-0.3, -0.25) is 9.89 Å². The number of aldehydes is 1. The van der Waals surface area contributed by atoms with Gasteiger partial charge in [-0.15, -0.1) is 0 Å². The molecule has 5 aromatic rings. The monoisotopic (exact) mass is 487 g/mol. The van der Waals surface area contributed by atoms with Crippen LogP contribution in [0, 0.1) is 5.82 Å². The summed E-state index contributed by atoms with van der Waals surface area (Å²) in [7, 11) is 3.16. The van der Waals surface area contributed by atoms with E-state index in [-0.39, 0.29) is 5.82 Å². The highest BCUT2D eigenvalue weighted by Crippen LogP contribution is 2.31. The van der Waals surface area contributed by atoms with Crippen molar-refractivity contribution in [3.05, 3.63) is 95.7 Å². The van der Waals surface area contributed by atoms with E-state index >= 15 is 0 Å². The lowest BCUT2D eigenvalue weighted by Crippen LogP contribution is -2.17. The van der Waals surface area contributed by atoms with Gasteiger partial charge in [-0.25, -0.2) is 13.9 Å². The number of H-pyrrole nitrogens is 1. The van der Waals surface area contributed by atoms with Gasteiger partial charge >= 0.3 is 0 Å². The van der Waals surface area contributed by atoms with Gasteiger partial charge in [0, 0.05) is 37.0 Å². The predicted molar refractivity (Wildman–Crippen MR) is 135 cm³/mol. The zero-order valence-electron chi connectivity index (χ0n) is 19.9. The lowest BCUT2D eigenvalue weighted by Gasteiger charge is -2.17. The number of aromatic nitrogens is 5. The SMILES string of the molecule is CN.COc1ccccc1.O=Cc1cc2nc(N3Cc4ccc(F)cc4C3)cc(-c3cn[nH]c3)n2n1. The molecule has 36 heavy (non-hydrogen) atoms. The molecule has 0 radical (unpaired) electrons. The van der Waals surface area contributed by atoms with Crippen LogP contribution in [-0.2, 0) is 13.1 Å². The average molecular weight is 488 g/mol. The molecule has 9 nitrogen and oxygen atoms in total. The number of aromatic amines is 1. The molecule has 10 heteroatoms. The highest BCUT2D eigenvalue weighted by molar-refractivity contribution is 5.76. The van der Waals surface area contributed by atoms with Gasteiger partial charge in [0.05, 0.1) is 19.0 Å². The highest BCUT2D eigenvalue weighted by atomic mass is 19.1. The number of methoxy groups -OCH3 is 1. The normalized spacial score (nSPS) is 11.7. The smallest absolute Gasteiger partial charge is 0.170 e. The molecular weight excluding hydrogens is 461 g/mol. The molecule has 0 aliphatic carbocycles. The summed E-state index contributed by atoms with van der Waals surface area (Å²) < 4.78 is 20.0. The van der Waals surface area contributed by atoms with Gasteiger partial charge in [0.2, 0.25) is 0 Å². The van der Waals surface area contributed by atoms with Crippen LogP contribution in [0.5, 0.6) is 5.75 Å². The second-order valence-electron chi connectivity index (χ2n) is 7.73. The number of benzene rings is 2. The zero-order valence-corrected chi connectivity index (χ0v) is 19.9. The van der Waals surface area contributed by atoms with E-state index in [2.05, 4.69) is 30.9 Å². The molecule has 4 heterocycles. The Kier molecular flexibility index (Phi) is 7.66. The molecule has 0 saturated heterocycles. The van der Waals surface area contributed by atoms with Crippen molar-refractivity contribution in [1.82, 2.24) is 24.8 Å². The van der Waals surface area contributed by atoms with Gasteiger partial charge in [-0.2, -0.15) is 10.2 Å². The molecule has 0 spiro atoms. The summed E-state index contributed by atoms with van der Waals surface area (Å²) >= 11 is 0. The van der Waals surface area contributed by atoms with Crippen LogP contribution >= 0.6 is 0 Å². The molecule has 3 N–H and O–H groups in total. The largest absolute Gasteiger partial charge is 0.497 e. The number of anilines is 1. The number of hydrogen-bond acceptors (Lipinski definition) is 7. The lowest BCUT2D eigenvalue weighted by atomic mass is 10.1. The maximum Gasteiger partial charge on any atom is 0.170 e. The van der Waals surface area contributed by atoms with Crippen LogP contribution in [0.3, 0.4) is 0 Å². The van der Waals surface area contributed by atoms with Crippen molar-refractivity contribution in [1.29, 1.82) is 0 Å². The summed E-state index contributed by atoms with van der Waals surface area (Å²) in [5.41, 5.74) is 9.03. The predicted octanol–water partition coefficient (Wildman–Crippen LogP) is 3.86. The summed E-state index contributed by atoms with van der Waals surface area (Å²) in [6.45, 7) is 1.23. The number of rotatable bonds is 4. The molecule has 1 aliphatic rings. The minimum atomic E-state index is -0.237. The molecule has 6 rings (SSSR count). The van der Waals surface area contributed by atoms with E-state index in [9.17, 15) is 9.18 Å². The van der Waals surface area contributed by atoms with E-state index in [1.807, 2.05) is 42.5 Å². The number of nitrogens with zero attached hydrogens (tertiary/aromatic N) is 5. The van der Waals surface area contributed by atoms with Crippen LogP contribution in [0.2, 0.25) is 0 Å². The first kappa shape index (κ1) is 24.6.